The van der Waals surface area contributed by atoms with Gasteiger partial charge < -0.3 is 20.5 Å². The number of hydrogen-bond donors (Lipinski definition) is 3. The highest BCUT2D eigenvalue weighted by Gasteiger charge is 2.38. The Kier molecular flexibility index (Phi) is 9.89. The van der Waals surface area contributed by atoms with Gasteiger partial charge in [0, 0.05) is 54.5 Å². The molecule has 1 aromatic carbocycles. The third-order valence-electron chi connectivity index (χ3n) is 9.89. The molecule has 0 radical (unpaired) electrons. The molecule has 3 aromatic heterocycles. The van der Waals surface area contributed by atoms with Crippen molar-refractivity contribution < 1.29 is 22.8 Å². The number of alkyl halides is 3. The van der Waals surface area contributed by atoms with Gasteiger partial charge in [0.1, 0.15) is 28.7 Å². The Hall–Kier alpha value is -4.22. The molecule has 10 nitrogen and oxygen atoms in total. The van der Waals surface area contributed by atoms with Crippen molar-refractivity contribution in [2.45, 2.75) is 77.2 Å². The average molecular weight is 681 g/mol. The van der Waals surface area contributed by atoms with E-state index in [0.29, 0.717) is 34.7 Å². The average Bonchev–Trinajstić information content (AvgIpc) is 3.61. The molecule has 0 spiro atoms. The second-order valence-electron chi connectivity index (χ2n) is 13.1. The van der Waals surface area contributed by atoms with Gasteiger partial charge in [0.25, 0.3) is 0 Å². The van der Waals surface area contributed by atoms with Gasteiger partial charge in [-0.1, -0.05) is 12.5 Å². The molecule has 2 fully saturated rings. The molecule has 1 saturated heterocycles. The molecule has 2 amide bonds. The fourth-order valence-electron chi connectivity index (χ4n) is 7.09. The minimum Gasteiger partial charge on any atom is -0.367 e. The first-order valence-corrected chi connectivity index (χ1v) is 17.1. The lowest BCUT2D eigenvalue weighted by Crippen LogP contribution is -2.40. The van der Waals surface area contributed by atoms with E-state index in [1.807, 2.05) is 6.07 Å². The van der Waals surface area contributed by atoms with Crippen LogP contribution >= 0.6 is 11.3 Å². The zero-order valence-electron chi connectivity index (χ0n) is 26.8. The van der Waals surface area contributed by atoms with E-state index in [9.17, 15) is 28.0 Å². The van der Waals surface area contributed by atoms with E-state index in [-0.39, 0.29) is 28.8 Å². The summed E-state index contributed by atoms with van der Waals surface area (Å²) in [6, 6.07) is 10.4. The van der Waals surface area contributed by atoms with Crippen LogP contribution in [0.3, 0.4) is 0 Å². The highest BCUT2D eigenvalue weighted by atomic mass is 32.1. The maximum absolute atomic E-state index is 12.9. The number of likely N-dealkylation sites (tertiary alicyclic amines) is 1. The Morgan fingerprint density at radius 3 is 2.67 bits per heavy atom. The summed E-state index contributed by atoms with van der Waals surface area (Å²) in [5.74, 6) is 0.374. The van der Waals surface area contributed by atoms with Crippen molar-refractivity contribution in [2.24, 2.45) is 5.41 Å². The Bertz CT molecular complexity index is 1830. The van der Waals surface area contributed by atoms with Crippen LogP contribution in [-0.4, -0.2) is 70.1 Å². The molecule has 0 atom stereocenters. The van der Waals surface area contributed by atoms with Crippen molar-refractivity contribution in [1.82, 2.24) is 30.1 Å². The van der Waals surface area contributed by atoms with Gasteiger partial charge in [0.05, 0.1) is 18.4 Å². The van der Waals surface area contributed by atoms with Crippen molar-refractivity contribution in [3.05, 3.63) is 52.3 Å². The quantitative estimate of drug-likeness (QED) is 0.161. The number of aryl methyl sites for hydroxylation is 1. The third-order valence-corrected chi connectivity index (χ3v) is 10.9. The van der Waals surface area contributed by atoms with E-state index < -0.39 is 12.6 Å². The fourth-order valence-corrected chi connectivity index (χ4v) is 8.12. The molecule has 254 valence electrons. The maximum Gasteiger partial charge on any atom is 0.393 e. The fraction of sp³-hybridized carbons (Fsp3) is 0.500. The highest BCUT2D eigenvalue weighted by Crippen LogP contribution is 2.46. The number of fused-ring (bicyclic) bond motifs is 2. The number of carbonyl (C=O) groups excluding carboxylic acids is 2. The van der Waals surface area contributed by atoms with Gasteiger partial charge in [-0.3, -0.25) is 14.5 Å². The topological polar surface area (TPSA) is 128 Å². The summed E-state index contributed by atoms with van der Waals surface area (Å²) in [5.41, 5.74) is 4.08. The zero-order chi connectivity index (χ0) is 33.9. The van der Waals surface area contributed by atoms with Gasteiger partial charge in [0.2, 0.25) is 12.3 Å². The van der Waals surface area contributed by atoms with Crippen molar-refractivity contribution in [3.63, 3.8) is 0 Å². The van der Waals surface area contributed by atoms with Crippen LogP contribution in [0.25, 0.3) is 21.1 Å². The van der Waals surface area contributed by atoms with Crippen LogP contribution in [0.15, 0.2) is 30.6 Å². The summed E-state index contributed by atoms with van der Waals surface area (Å²) in [5, 5.41) is 20.5. The number of nitrogens with one attached hydrogen (secondary N) is 3. The molecule has 4 heterocycles. The molecule has 14 heteroatoms. The van der Waals surface area contributed by atoms with E-state index in [0.717, 1.165) is 92.5 Å². The summed E-state index contributed by atoms with van der Waals surface area (Å²) >= 11 is 1.06. The number of piperidine rings is 1. The molecular weight excluding hydrogens is 641 g/mol. The maximum atomic E-state index is 12.9. The van der Waals surface area contributed by atoms with Gasteiger partial charge in [-0.25, -0.2) is 9.97 Å². The van der Waals surface area contributed by atoms with Crippen LogP contribution < -0.4 is 16.0 Å². The molecule has 6 rings (SSSR count). The summed E-state index contributed by atoms with van der Waals surface area (Å²) < 4.78 is 41.0. The summed E-state index contributed by atoms with van der Waals surface area (Å²) in [6.45, 7) is 5.83. The first-order chi connectivity index (χ1) is 23.1. The van der Waals surface area contributed by atoms with Gasteiger partial charge in [0.15, 0.2) is 0 Å². The summed E-state index contributed by atoms with van der Waals surface area (Å²) in [7, 11) is 0. The number of nitriles is 1. The second kappa shape index (κ2) is 14.1. The number of halogens is 3. The van der Waals surface area contributed by atoms with Gasteiger partial charge in [-0.05, 0) is 73.8 Å². The normalized spacial score (nSPS) is 16.8. The summed E-state index contributed by atoms with van der Waals surface area (Å²) in [4.78, 5) is 34.2. The van der Waals surface area contributed by atoms with Crippen LogP contribution in [0, 0.1) is 23.7 Å². The molecule has 1 aliphatic carbocycles. The van der Waals surface area contributed by atoms with Crippen molar-refractivity contribution in [2.75, 3.05) is 31.5 Å². The molecule has 4 aromatic rings. The number of rotatable bonds is 13. The predicted octanol–water partition coefficient (Wildman–Crippen LogP) is 5.43. The van der Waals surface area contributed by atoms with E-state index in [1.54, 1.807) is 6.07 Å². The molecule has 0 unspecified atom stereocenters. The number of anilines is 1. The standard InChI is InChI=1S/C34H39F3N8O2S/c1-22-23(18-44-11-5-24(6-12-44)43-31-28-14-26(15-34(35,36)37)48-32(28)42-20-41-31)3-4-29-27(22)13-25(16-38)45(29)19-33(7-2-8-33)9-10-40-30(47)17-39-21-46/h3-4,13-14,20-21,24H,2,5-12,15,17-19H2,1H3,(H,39,46)(H,40,47)(H,41,42,43). The molecule has 1 aliphatic heterocycles. The zero-order valence-corrected chi connectivity index (χ0v) is 27.6. The van der Waals surface area contributed by atoms with E-state index in [4.69, 9.17) is 0 Å². The third kappa shape index (κ3) is 7.57. The minimum atomic E-state index is -4.27. The monoisotopic (exact) mass is 680 g/mol. The van der Waals surface area contributed by atoms with Gasteiger partial charge in [-0.15, -0.1) is 11.3 Å². The molecule has 2 aliphatic rings. The number of amides is 2. The minimum absolute atomic E-state index is 0.0141. The largest absolute Gasteiger partial charge is 0.393 e. The highest BCUT2D eigenvalue weighted by molar-refractivity contribution is 7.18. The number of benzene rings is 1. The number of aromatic nitrogens is 3. The number of hydrogen-bond acceptors (Lipinski definition) is 8. The van der Waals surface area contributed by atoms with Crippen LogP contribution in [0.5, 0.6) is 0 Å². The van der Waals surface area contributed by atoms with Gasteiger partial charge in [-0.2, -0.15) is 18.4 Å². The van der Waals surface area contributed by atoms with E-state index in [2.05, 4.69) is 60.5 Å². The van der Waals surface area contributed by atoms with Crippen molar-refractivity contribution in [3.8, 4) is 6.07 Å². The van der Waals surface area contributed by atoms with Crippen LogP contribution in [0.1, 0.15) is 60.2 Å². The molecule has 3 N–H and O–H groups in total. The van der Waals surface area contributed by atoms with Crippen LogP contribution in [0.2, 0.25) is 0 Å². The smallest absolute Gasteiger partial charge is 0.367 e. The first-order valence-electron chi connectivity index (χ1n) is 16.3. The first kappa shape index (κ1) is 33.7. The number of nitrogens with zero attached hydrogens (tertiary/aromatic N) is 5. The van der Waals surface area contributed by atoms with E-state index >= 15 is 0 Å². The molecule has 0 bridgehead atoms. The Balaban J connectivity index is 1.08. The SMILES string of the molecule is Cc1c(CN2CCC(Nc3ncnc4sc(CC(F)(F)F)cc34)CC2)ccc2c1cc(C#N)n2CC1(CCNC(=O)CNC=O)CCC1. The summed E-state index contributed by atoms with van der Waals surface area (Å²) in [6.07, 6.45) is 2.43. The molecule has 1 saturated carbocycles. The lowest BCUT2D eigenvalue weighted by Gasteiger charge is -2.43. The second-order valence-corrected chi connectivity index (χ2v) is 14.2. The van der Waals surface area contributed by atoms with Crippen molar-refractivity contribution in [1.29, 1.82) is 5.26 Å². The van der Waals surface area contributed by atoms with Crippen LogP contribution in [-0.2, 0) is 29.1 Å². The lowest BCUT2D eigenvalue weighted by atomic mass is 9.66. The predicted molar refractivity (Wildman–Crippen MR) is 178 cm³/mol. The Morgan fingerprint density at radius 1 is 1.19 bits per heavy atom. The van der Waals surface area contributed by atoms with Crippen molar-refractivity contribution >= 4 is 50.6 Å². The molecule has 48 heavy (non-hydrogen) atoms. The van der Waals surface area contributed by atoms with E-state index in [1.165, 1.54) is 11.9 Å². The Labute approximate surface area is 280 Å². The van der Waals surface area contributed by atoms with Gasteiger partial charge >= 0.3 is 6.18 Å². The molecular formula is C34H39F3N8O2S. The van der Waals surface area contributed by atoms with Crippen LogP contribution in [0.4, 0.5) is 19.0 Å². The number of carbonyl (C=O) groups is 2. The Morgan fingerprint density at radius 2 is 1.98 bits per heavy atom. The number of thiophene rings is 1. The lowest BCUT2D eigenvalue weighted by molar-refractivity contribution is -0.126.